The van der Waals surface area contributed by atoms with E-state index in [0.29, 0.717) is 5.56 Å². The number of halogens is 1. The number of hydrogen-bond donors (Lipinski definition) is 1. The normalized spacial score (nSPS) is 13.9. The molecule has 2 atom stereocenters. The van der Waals surface area contributed by atoms with Gasteiger partial charge in [0.1, 0.15) is 24.3 Å². The van der Waals surface area contributed by atoms with Gasteiger partial charge in [-0.05, 0) is 31.0 Å². The molecule has 2 N–H and O–H groups in total. The van der Waals surface area contributed by atoms with Gasteiger partial charge in [0.05, 0.1) is 12.3 Å². The van der Waals surface area contributed by atoms with E-state index in [1.54, 1.807) is 16.8 Å². The summed E-state index contributed by atoms with van der Waals surface area (Å²) in [4.78, 5) is 19.5. The summed E-state index contributed by atoms with van der Waals surface area (Å²) in [6.07, 6.45) is 3.37. The van der Waals surface area contributed by atoms with Gasteiger partial charge in [0.15, 0.2) is 23.8 Å². The van der Waals surface area contributed by atoms with Crippen molar-refractivity contribution in [2.75, 3.05) is 46.5 Å². The number of sulfone groups is 2. The molecule has 0 saturated carbocycles. The summed E-state index contributed by atoms with van der Waals surface area (Å²) in [7, 11) is -6.15. The fourth-order valence-electron chi connectivity index (χ4n) is 4.89. The maximum atomic E-state index is 14.2. The molecule has 2 aromatic carbocycles. The highest BCUT2D eigenvalue weighted by Crippen LogP contribution is 2.42. The van der Waals surface area contributed by atoms with Gasteiger partial charge in [0.2, 0.25) is 5.91 Å². The third-order valence-corrected chi connectivity index (χ3v) is 12.6. The van der Waals surface area contributed by atoms with E-state index in [1.165, 1.54) is 32.4 Å². The molecule has 0 radical (unpaired) electrons. The second-order valence-corrected chi connectivity index (χ2v) is 15.6. The van der Waals surface area contributed by atoms with E-state index in [4.69, 9.17) is 20.2 Å². The average molecular weight is 639 g/mol. The summed E-state index contributed by atoms with van der Waals surface area (Å²) in [6, 6.07) is 12.6. The van der Waals surface area contributed by atoms with Gasteiger partial charge in [-0.25, -0.2) is 26.2 Å². The van der Waals surface area contributed by atoms with Crippen LogP contribution in [0.1, 0.15) is 30.8 Å². The molecule has 2 unspecified atom stereocenters. The van der Waals surface area contributed by atoms with Crippen LogP contribution in [0.5, 0.6) is 0 Å². The maximum Gasteiger partial charge on any atom is 0.249 e. The van der Waals surface area contributed by atoms with E-state index < -0.39 is 54.2 Å². The highest BCUT2D eigenvalue weighted by molar-refractivity contribution is 8.09. The number of carbonyl (C=O) groups excluding carboxylic acids is 1. The van der Waals surface area contributed by atoms with Crippen LogP contribution in [0.15, 0.2) is 60.8 Å². The maximum absolute atomic E-state index is 14.2. The number of benzene rings is 2. The number of carbonyl (C=O) groups is 1. The van der Waals surface area contributed by atoms with Gasteiger partial charge in [-0.1, -0.05) is 42.5 Å². The molecular weight excluding hydrogens is 599 g/mol. The molecule has 3 aromatic rings. The molecule has 0 aliphatic rings. The van der Waals surface area contributed by atoms with Crippen LogP contribution in [0.25, 0.3) is 11.3 Å². The third kappa shape index (κ3) is 7.87. The predicted octanol–water partition coefficient (Wildman–Crippen LogP) is 2.42. The molecule has 0 aliphatic carbocycles. The predicted molar refractivity (Wildman–Crippen MR) is 162 cm³/mol. The van der Waals surface area contributed by atoms with Crippen molar-refractivity contribution in [1.82, 2.24) is 14.5 Å². The highest BCUT2D eigenvalue weighted by Gasteiger charge is 2.57. The zero-order valence-corrected chi connectivity index (χ0v) is 26.6. The van der Waals surface area contributed by atoms with Crippen LogP contribution in [0.4, 0.5) is 4.39 Å². The molecule has 3 rings (SSSR count). The molecule has 11 nitrogen and oxygen atoms in total. The van der Waals surface area contributed by atoms with Gasteiger partial charge in [-0.15, -0.1) is 0 Å². The molecule has 0 fully saturated rings. The Morgan fingerprint density at radius 2 is 1.70 bits per heavy atom. The number of amides is 1. The van der Waals surface area contributed by atoms with Gasteiger partial charge in [-0.2, -0.15) is 0 Å². The lowest BCUT2D eigenvalue weighted by molar-refractivity contribution is -0.138. The van der Waals surface area contributed by atoms with Gasteiger partial charge in [0, 0.05) is 57.6 Å². The summed E-state index contributed by atoms with van der Waals surface area (Å²) < 4.78 is 77.7. The number of imidazole rings is 1. The van der Waals surface area contributed by atoms with Gasteiger partial charge >= 0.3 is 0 Å². The minimum absolute atomic E-state index is 0.0220. The van der Waals surface area contributed by atoms with E-state index in [9.17, 15) is 26.0 Å². The molecule has 1 aromatic heterocycles. The van der Waals surface area contributed by atoms with Crippen molar-refractivity contribution in [3.63, 3.8) is 0 Å². The van der Waals surface area contributed by atoms with Crippen LogP contribution in [-0.4, -0.2) is 93.8 Å². The summed E-state index contributed by atoms with van der Waals surface area (Å²) in [6.45, 7) is 0.780. The summed E-state index contributed by atoms with van der Waals surface area (Å²) in [5.74, 6) is -1.21. The van der Waals surface area contributed by atoms with Crippen LogP contribution < -0.4 is 5.73 Å². The number of aromatic nitrogens is 2. The number of ether oxygens (including phenoxy) is 2. The summed E-state index contributed by atoms with van der Waals surface area (Å²) in [5, 5.41) is 0. The third-order valence-electron chi connectivity index (χ3n) is 7.36. The highest BCUT2D eigenvalue weighted by atomic mass is 32.3. The first-order valence-corrected chi connectivity index (χ1v) is 17.2. The summed E-state index contributed by atoms with van der Waals surface area (Å²) >= 11 is 0. The van der Waals surface area contributed by atoms with Gasteiger partial charge in [0.25, 0.3) is 0 Å². The molecule has 236 valence electrons. The van der Waals surface area contributed by atoms with Crippen molar-refractivity contribution >= 4 is 25.6 Å². The topological polar surface area (TPSA) is 151 Å². The van der Waals surface area contributed by atoms with E-state index in [1.807, 2.05) is 30.3 Å². The first kappa shape index (κ1) is 34.3. The first-order chi connectivity index (χ1) is 20.1. The van der Waals surface area contributed by atoms with Crippen molar-refractivity contribution in [3.05, 3.63) is 78.0 Å². The quantitative estimate of drug-likeness (QED) is 0.265. The Kier molecular flexibility index (Phi) is 11.2. The van der Waals surface area contributed by atoms with Crippen molar-refractivity contribution in [2.24, 2.45) is 5.73 Å². The van der Waals surface area contributed by atoms with Crippen molar-refractivity contribution < 1.29 is 35.5 Å². The molecular formula is C29H39FN4O7S2. The number of methoxy groups -OCH3 is 2. The molecule has 43 heavy (non-hydrogen) atoms. The fourth-order valence-corrected chi connectivity index (χ4v) is 8.36. The molecule has 0 aliphatic heterocycles. The van der Waals surface area contributed by atoms with Gasteiger partial charge < -0.3 is 24.7 Å². The Labute approximate surface area is 252 Å². The first-order valence-electron chi connectivity index (χ1n) is 13.4. The molecule has 0 bridgehead atoms. The molecule has 1 amide bonds. The Morgan fingerprint density at radius 3 is 2.26 bits per heavy atom. The summed E-state index contributed by atoms with van der Waals surface area (Å²) in [5.41, 5.74) is 7.60. The van der Waals surface area contributed by atoms with E-state index >= 15 is 0 Å². The smallest absolute Gasteiger partial charge is 0.249 e. The van der Waals surface area contributed by atoms with E-state index in [2.05, 4.69) is 0 Å². The molecule has 0 spiro atoms. The zero-order valence-electron chi connectivity index (χ0n) is 24.9. The van der Waals surface area contributed by atoms with Gasteiger partial charge in [-0.3, -0.25) is 4.79 Å². The number of nitrogens with two attached hydrogens (primary N) is 1. The standard InChI is InChI=1S/C29H39FN4O7S2/c1-29(42(4,36)37,43(5,38)39)27(34(26(35)20-41-3)15-14-24(31)19-40-2)28-32-25(22-12-9-13-23(30)16-22)18-33(28)17-21-10-7-6-8-11-21/h6-13,16,18,24,27H,14-15,17,19-20,31H2,1-5H3. The van der Waals surface area contributed by atoms with Crippen LogP contribution in [-0.2, 0) is 40.5 Å². The Bertz CT molecular complexity index is 1580. The number of hydrogen-bond acceptors (Lipinski definition) is 9. The van der Waals surface area contributed by atoms with Crippen LogP contribution in [0.2, 0.25) is 0 Å². The average Bonchev–Trinajstić information content (AvgIpc) is 3.33. The second kappa shape index (κ2) is 14.1. The van der Waals surface area contributed by atoms with Crippen molar-refractivity contribution in [3.8, 4) is 11.3 Å². The molecule has 0 saturated heterocycles. The Hall–Kier alpha value is -3.17. The van der Waals surface area contributed by atoms with E-state index in [-0.39, 0.29) is 37.6 Å². The monoisotopic (exact) mass is 638 g/mol. The Morgan fingerprint density at radius 1 is 1.05 bits per heavy atom. The lowest BCUT2D eigenvalue weighted by Gasteiger charge is -2.41. The minimum Gasteiger partial charge on any atom is -0.383 e. The lowest BCUT2D eigenvalue weighted by Crippen LogP contribution is -2.57. The number of nitrogens with zero attached hydrogens (tertiary/aromatic N) is 3. The second-order valence-electron chi connectivity index (χ2n) is 10.6. The van der Waals surface area contributed by atoms with Crippen LogP contribution in [0, 0.1) is 5.82 Å². The van der Waals surface area contributed by atoms with Crippen molar-refractivity contribution in [2.45, 2.75) is 36.1 Å². The minimum atomic E-state index is -4.46. The molecule has 1 heterocycles. The van der Waals surface area contributed by atoms with Crippen LogP contribution in [0.3, 0.4) is 0 Å². The SMILES string of the molecule is COCC(=O)N(CCC(N)COC)C(c1nc(-c2cccc(F)c2)cn1Cc1ccccc1)C(C)(S(C)(=O)=O)S(C)(=O)=O. The fraction of sp³-hybridized carbons (Fsp3) is 0.448. The van der Waals surface area contributed by atoms with Crippen LogP contribution >= 0.6 is 0 Å². The zero-order chi connectivity index (χ0) is 32.0. The Balaban J connectivity index is 2.40. The largest absolute Gasteiger partial charge is 0.383 e. The molecule has 14 heteroatoms. The van der Waals surface area contributed by atoms with Crippen molar-refractivity contribution in [1.29, 1.82) is 0 Å². The van der Waals surface area contributed by atoms with E-state index in [0.717, 1.165) is 29.9 Å². The lowest BCUT2D eigenvalue weighted by atomic mass is 10.1. The number of rotatable bonds is 15.